The molecular weight excluding hydrogens is 278 g/mol. The molecule has 1 aliphatic rings. The predicted molar refractivity (Wildman–Crippen MR) is 85.4 cm³/mol. The fourth-order valence-corrected chi connectivity index (χ4v) is 2.47. The highest BCUT2D eigenvalue weighted by Gasteiger charge is 2.30. The zero-order chi connectivity index (χ0) is 15.6. The highest BCUT2D eigenvalue weighted by atomic mass is 16.5. The standard InChI is InChI=1S/C18H19NO3/c1-18(2)14(12-19-20)10-13-11-16(8-9-17(13)22-18)21-15-6-4-3-5-7-15/h3-11,19-20H,12H2,1-2H3. The van der Waals surface area contributed by atoms with Gasteiger partial charge in [-0.05, 0) is 55.8 Å². The second kappa shape index (κ2) is 5.83. The molecule has 0 fully saturated rings. The molecule has 0 amide bonds. The molecule has 0 atom stereocenters. The lowest BCUT2D eigenvalue weighted by atomic mass is 9.92. The Kier molecular flexibility index (Phi) is 3.88. The van der Waals surface area contributed by atoms with Gasteiger partial charge in [-0.3, -0.25) is 0 Å². The van der Waals surface area contributed by atoms with Gasteiger partial charge in [0.25, 0.3) is 0 Å². The number of benzene rings is 2. The van der Waals surface area contributed by atoms with Gasteiger partial charge in [-0.15, -0.1) is 0 Å². The van der Waals surface area contributed by atoms with Crippen LogP contribution in [-0.2, 0) is 0 Å². The van der Waals surface area contributed by atoms with Crippen LogP contribution in [0.4, 0.5) is 0 Å². The quantitative estimate of drug-likeness (QED) is 0.837. The van der Waals surface area contributed by atoms with Crippen LogP contribution in [-0.4, -0.2) is 17.4 Å². The van der Waals surface area contributed by atoms with Crippen molar-refractivity contribution in [3.05, 3.63) is 59.7 Å². The first-order chi connectivity index (χ1) is 10.6. The number of hydrogen-bond donors (Lipinski definition) is 2. The summed E-state index contributed by atoms with van der Waals surface area (Å²) in [6, 6.07) is 15.4. The average molecular weight is 297 g/mol. The number of rotatable bonds is 4. The van der Waals surface area contributed by atoms with Crippen molar-refractivity contribution in [1.82, 2.24) is 5.48 Å². The number of fused-ring (bicyclic) bond motifs is 1. The van der Waals surface area contributed by atoms with Crippen LogP contribution in [0.3, 0.4) is 0 Å². The van der Waals surface area contributed by atoms with Crippen LogP contribution in [0.5, 0.6) is 17.2 Å². The molecule has 0 unspecified atom stereocenters. The fourth-order valence-electron chi connectivity index (χ4n) is 2.47. The molecule has 0 radical (unpaired) electrons. The minimum atomic E-state index is -0.454. The molecule has 0 bridgehead atoms. The zero-order valence-electron chi connectivity index (χ0n) is 12.7. The van der Waals surface area contributed by atoms with Crippen molar-refractivity contribution in [2.24, 2.45) is 0 Å². The van der Waals surface area contributed by atoms with E-state index >= 15 is 0 Å². The summed E-state index contributed by atoms with van der Waals surface area (Å²) in [6.07, 6.45) is 2.03. The number of hydrogen-bond acceptors (Lipinski definition) is 4. The van der Waals surface area contributed by atoms with Gasteiger partial charge in [0, 0.05) is 12.1 Å². The maximum absolute atomic E-state index is 8.98. The van der Waals surface area contributed by atoms with Crippen LogP contribution in [0.25, 0.3) is 6.08 Å². The Hall–Kier alpha value is -2.30. The van der Waals surface area contributed by atoms with Crippen LogP contribution >= 0.6 is 0 Å². The van der Waals surface area contributed by atoms with Crippen LogP contribution < -0.4 is 15.0 Å². The monoisotopic (exact) mass is 297 g/mol. The van der Waals surface area contributed by atoms with Gasteiger partial charge in [0.05, 0.1) is 0 Å². The maximum Gasteiger partial charge on any atom is 0.128 e. The Morgan fingerprint density at radius 1 is 1.09 bits per heavy atom. The van der Waals surface area contributed by atoms with Gasteiger partial charge in [-0.1, -0.05) is 18.2 Å². The van der Waals surface area contributed by atoms with Crippen molar-refractivity contribution in [2.45, 2.75) is 19.4 Å². The molecular formula is C18H19NO3. The average Bonchev–Trinajstić information content (AvgIpc) is 2.49. The van der Waals surface area contributed by atoms with Crippen molar-refractivity contribution in [3.63, 3.8) is 0 Å². The summed E-state index contributed by atoms with van der Waals surface area (Å²) < 4.78 is 11.9. The van der Waals surface area contributed by atoms with Crippen molar-refractivity contribution >= 4 is 6.08 Å². The molecule has 2 aromatic carbocycles. The Morgan fingerprint density at radius 2 is 1.86 bits per heavy atom. The van der Waals surface area contributed by atoms with Crippen molar-refractivity contribution in [3.8, 4) is 17.2 Å². The first kappa shape index (κ1) is 14.6. The molecule has 3 rings (SSSR count). The SMILES string of the molecule is CC1(C)Oc2ccc(Oc3ccccc3)cc2C=C1CNO. The van der Waals surface area contributed by atoms with E-state index in [0.717, 1.165) is 28.4 Å². The molecule has 0 aromatic heterocycles. The minimum Gasteiger partial charge on any atom is -0.483 e. The number of hydroxylamine groups is 1. The van der Waals surface area contributed by atoms with E-state index in [1.165, 1.54) is 0 Å². The second-order valence-corrected chi connectivity index (χ2v) is 5.73. The molecule has 0 spiro atoms. The normalized spacial score (nSPS) is 15.5. The molecule has 1 heterocycles. The smallest absolute Gasteiger partial charge is 0.128 e. The second-order valence-electron chi connectivity index (χ2n) is 5.73. The van der Waals surface area contributed by atoms with Gasteiger partial charge >= 0.3 is 0 Å². The van der Waals surface area contributed by atoms with Crippen LogP contribution in [0.15, 0.2) is 54.1 Å². The van der Waals surface area contributed by atoms with E-state index in [4.69, 9.17) is 14.7 Å². The van der Waals surface area contributed by atoms with E-state index < -0.39 is 5.60 Å². The van der Waals surface area contributed by atoms with E-state index in [1.54, 1.807) is 0 Å². The molecule has 4 heteroatoms. The van der Waals surface area contributed by atoms with Crippen LogP contribution in [0.2, 0.25) is 0 Å². The highest BCUT2D eigenvalue weighted by Crippen LogP contribution is 2.37. The van der Waals surface area contributed by atoms with E-state index in [2.05, 4.69) is 5.48 Å². The first-order valence-corrected chi connectivity index (χ1v) is 7.22. The summed E-state index contributed by atoms with van der Waals surface area (Å²) in [7, 11) is 0. The summed E-state index contributed by atoms with van der Waals surface area (Å²) in [5.41, 5.74) is 3.66. The third-order valence-corrected chi connectivity index (χ3v) is 3.70. The molecule has 1 aliphatic heterocycles. The van der Waals surface area contributed by atoms with Gasteiger partial charge < -0.3 is 14.7 Å². The summed E-state index contributed by atoms with van der Waals surface area (Å²) in [5.74, 6) is 2.36. The summed E-state index contributed by atoms with van der Waals surface area (Å²) >= 11 is 0. The zero-order valence-corrected chi connectivity index (χ0v) is 12.7. The molecule has 2 N–H and O–H groups in total. The minimum absolute atomic E-state index is 0.357. The Morgan fingerprint density at radius 3 is 2.59 bits per heavy atom. The van der Waals surface area contributed by atoms with E-state index in [-0.39, 0.29) is 0 Å². The Balaban J connectivity index is 1.91. The van der Waals surface area contributed by atoms with Gasteiger partial charge in [-0.2, -0.15) is 0 Å². The lowest BCUT2D eigenvalue weighted by Crippen LogP contribution is -2.37. The molecule has 114 valence electrons. The lowest BCUT2D eigenvalue weighted by molar-refractivity contribution is 0.121. The van der Waals surface area contributed by atoms with Crippen LogP contribution in [0.1, 0.15) is 19.4 Å². The van der Waals surface area contributed by atoms with Gasteiger partial charge in [0.1, 0.15) is 22.8 Å². The Bertz CT molecular complexity index is 693. The number of ether oxygens (including phenoxy) is 2. The van der Waals surface area contributed by atoms with E-state index in [1.807, 2.05) is 68.5 Å². The molecule has 0 saturated heterocycles. The summed E-state index contributed by atoms with van der Waals surface area (Å²) in [4.78, 5) is 0. The maximum atomic E-state index is 8.98. The van der Waals surface area contributed by atoms with Gasteiger partial charge in [-0.25, -0.2) is 5.48 Å². The highest BCUT2D eigenvalue weighted by molar-refractivity contribution is 5.66. The molecule has 2 aromatic rings. The lowest BCUT2D eigenvalue weighted by Gasteiger charge is -2.34. The van der Waals surface area contributed by atoms with Crippen molar-refractivity contribution < 1.29 is 14.7 Å². The van der Waals surface area contributed by atoms with Crippen molar-refractivity contribution in [1.29, 1.82) is 0 Å². The Labute approximate surface area is 130 Å². The molecule has 0 aliphatic carbocycles. The van der Waals surface area contributed by atoms with Crippen molar-refractivity contribution in [2.75, 3.05) is 6.54 Å². The first-order valence-electron chi connectivity index (χ1n) is 7.22. The number of para-hydroxylation sites is 1. The third kappa shape index (κ3) is 2.98. The molecule has 22 heavy (non-hydrogen) atoms. The van der Waals surface area contributed by atoms with E-state index in [9.17, 15) is 0 Å². The predicted octanol–water partition coefficient (Wildman–Crippen LogP) is 4.01. The molecule has 4 nitrogen and oxygen atoms in total. The molecule has 0 saturated carbocycles. The summed E-state index contributed by atoms with van der Waals surface area (Å²) in [6.45, 7) is 4.32. The largest absolute Gasteiger partial charge is 0.483 e. The summed E-state index contributed by atoms with van der Waals surface area (Å²) in [5, 5.41) is 8.98. The topological polar surface area (TPSA) is 50.7 Å². The van der Waals surface area contributed by atoms with Gasteiger partial charge in [0.2, 0.25) is 0 Å². The van der Waals surface area contributed by atoms with E-state index in [0.29, 0.717) is 6.54 Å². The van der Waals surface area contributed by atoms with Crippen LogP contribution in [0, 0.1) is 0 Å². The third-order valence-electron chi connectivity index (χ3n) is 3.70. The number of nitrogens with one attached hydrogen (secondary N) is 1. The fraction of sp³-hybridized carbons (Fsp3) is 0.222. The van der Waals surface area contributed by atoms with Gasteiger partial charge in [0.15, 0.2) is 0 Å².